The van der Waals surface area contributed by atoms with Gasteiger partial charge >= 0.3 is 12.1 Å². The molecule has 36 heavy (non-hydrogen) atoms. The fourth-order valence-corrected chi connectivity index (χ4v) is 5.70. The highest BCUT2D eigenvalue weighted by Gasteiger charge is 2.54. The molecule has 3 aliphatic rings. The molecule has 0 bridgehead atoms. The number of nitrogens with one attached hydrogen (secondary N) is 1. The highest BCUT2D eigenvalue weighted by molar-refractivity contribution is 8.00. The molecule has 3 heterocycles. The highest BCUT2D eigenvalue weighted by Crippen LogP contribution is 2.41. The minimum absolute atomic E-state index is 0.0703. The Labute approximate surface area is 212 Å². The van der Waals surface area contributed by atoms with E-state index in [1.165, 1.54) is 16.7 Å². The second-order valence-electron chi connectivity index (χ2n) is 8.63. The van der Waals surface area contributed by atoms with Crippen molar-refractivity contribution in [3.05, 3.63) is 83.1 Å². The molecular weight excluding hydrogens is 482 g/mol. The van der Waals surface area contributed by atoms with E-state index in [2.05, 4.69) is 5.32 Å². The van der Waals surface area contributed by atoms with E-state index in [0.717, 1.165) is 17.5 Å². The molecule has 186 valence electrons. The summed E-state index contributed by atoms with van der Waals surface area (Å²) in [4.78, 5) is 52.8. The first-order valence-electron chi connectivity index (χ1n) is 11.7. The van der Waals surface area contributed by atoms with Crippen molar-refractivity contribution in [1.29, 1.82) is 0 Å². The molecule has 0 saturated carbocycles. The smallest absolute Gasteiger partial charge is 0.410 e. The number of thioether (sulfide) groups is 1. The standard InChI is InChI=1S/C26H25N3O6S/c30-16-27-20-23(31)29-21(19(15-36-24(20)29)14-34-26(33)28-12-7-13-28)25(32)35-22(17-8-3-1-4-9-17)18-10-5-2-6-11-18/h1-6,8-11,16,20,22,24H,7,12-15H2,(H,27,30)/t20?,24-/m1/s1. The molecule has 2 atom stereocenters. The largest absolute Gasteiger partial charge is 0.448 e. The molecule has 2 fully saturated rings. The molecule has 3 aliphatic heterocycles. The molecule has 5 rings (SSSR count). The van der Waals surface area contributed by atoms with E-state index in [9.17, 15) is 19.2 Å². The van der Waals surface area contributed by atoms with Crippen molar-refractivity contribution in [2.45, 2.75) is 23.9 Å². The van der Waals surface area contributed by atoms with E-state index >= 15 is 0 Å². The summed E-state index contributed by atoms with van der Waals surface area (Å²) in [6.07, 6.45) is 0.259. The topological polar surface area (TPSA) is 105 Å². The summed E-state index contributed by atoms with van der Waals surface area (Å²) >= 11 is 1.40. The van der Waals surface area contributed by atoms with Crippen LogP contribution in [0.5, 0.6) is 0 Å². The number of esters is 1. The van der Waals surface area contributed by atoms with Crippen LogP contribution >= 0.6 is 11.8 Å². The lowest BCUT2D eigenvalue weighted by Crippen LogP contribution is -2.69. The monoisotopic (exact) mass is 507 g/mol. The average Bonchev–Trinajstić information content (AvgIpc) is 2.88. The summed E-state index contributed by atoms with van der Waals surface area (Å²) in [5.41, 5.74) is 2.12. The van der Waals surface area contributed by atoms with Crippen molar-refractivity contribution in [2.24, 2.45) is 0 Å². The van der Waals surface area contributed by atoms with Gasteiger partial charge in [-0.2, -0.15) is 0 Å². The molecule has 3 amide bonds. The minimum Gasteiger partial charge on any atom is -0.448 e. The molecule has 9 nitrogen and oxygen atoms in total. The predicted octanol–water partition coefficient (Wildman–Crippen LogP) is 2.45. The Morgan fingerprint density at radius 2 is 1.69 bits per heavy atom. The van der Waals surface area contributed by atoms with Gasteiger partial charge in [-0.05, 0) is 17.5 Å². The first-order chi connectivity index (χ1) is 17.6. The minimum atomic E-state index is -0.723. The van der Waals surface area contributed by atoms with Crippen molar-refractivity contribution < 1.29 is 28.7 Å². The number of amides is 3. The lowest BCUT2D eigenvalue weighted by atomic mass is 10.0. The van der Waals surface area contributed by atoms with Gasteiger partial charge in [-0.3, -0.25) is 14.5 Å². The highest BCUT2D eigenvalue weighted by atomic mass is 32.2. The van der Waals surface area contributed by atoms with Gasteiger partial charge in [0.05, 0.1) is 0 Å². The van der Waals surface area contributed by atoms with Gasteiger partial charge in [0.15, 0.2) is 6.10 Å². The zero-order chi connectivity index (χ0) is 25.1. The van der Waals surface area contributed by atoms with E-state index < -0.39 is 35.5 Å². The van der Waals surface area contributed by atoms with Crippen LogP contribution in [0.1, 0.15) is 23.7 Å². The van der Waals surface area contributed by atoms with Crippen LogP contribution < -0.4 is 5.32 Å². The SMILES string of the molecule is O=CNC1C(=O)N2C(C(=O)OC(c3ccccc3)c3ccccc3)=C(COC(=O)N3CCC3)CS[C@H]12. The number of fused-ring (bicyclic) bond motifs is 1. The van der Waals surface area contributed by atoms with Crippen LogP contribution in [-0.4, -0.2) is 71.0 Å². The second-order valence-corrected chi connectivity index (χ2v) is 9.73. The van der Waals surface area contributed by atoms with Gasteiger partial charge in [0.2, 0.25) is 6.41 Å². The zero-order valence-corrected chi connectivity index (χ0v) is 20.2. The molecule has 10 heteroatoms. The van der Waals surface area contributed by atoms with E-state index in [-0.39, 0.29) is 12.3 Å². The summed E-state index contributed by atoms with van der Waals surface area (Å²) in [6, 6.07) is 18.0. The lowest BCUT2D eigenvalue weighted by Gasteiger charge is -2.49. The Bertz CT molecular complexity index is 1150. The fourth-order valence-electron chi connectivity index (χ4n) is 4.36. The van der Waals surface area contributed by atoms with Crippen LogP contribution in [0, 0.1) is 0 Å². The van der Waals surface area contributed by atoms with E-state index in [1.807, 2.05) is 60.7 Å². The quantitative estimate of drug-likeness (QED) is 0.332. The van der Waals surface area contributed by atoms with Crippen molar-refractivity contribution in [3.63, 3.8) is 0 Å². The number of carbonyl (C=O) groups is 4. The zero-order valence-electron chi connectivity index (χ0n) is 19.4. The molecule has 0 spiro atoms. The van der Waals surface area contributed by atoms with E-state index in [4.69, 9.17) is 9.47 Å². The van der Waals surface area contributed by atoms with Gasteiger partial charge in [0.1, 0.15) is 23.7 Å². The van der Waals surface area contributed by atoms with Crippen LogP contribution in [-0.2, 0) is 23.9 Å². The maximum Gasteiger partial charge on any atom is 0.410 e. The van der Waals surface area contributed by atoms with Crippen LogP contribution in [0.4, 0.5) is 4.79 Å². The van der Waals surface area contributed by atoms with Crippen molar-refractivity contribution in [3.8, 4) is 0 Å². The number of nitrogens with zero attached hydrogens (tertiary/aromatic N) is 2. The summed E-state index contributed by atoms with van der Waals surface area (Å²) in [6.45, 7) is 1.16. The molecular formula is C26H25N3O6S. The third-order valence-corrected chi connectivity index (χ3v) is 7.74. The van der Waals surface area contributed by atoms with Gasteiger partial charge < -0.3 is 19.7 Å². The number of carbonyl (C=O) groups excluding carboxylic acids is 4. The van der Waals surface area contributed by atoms with Crippen LogP contribution in [0.15, 0.2) is 71.9 Å². The molecule has 2 saturated heterocycles. The fraction of sp³-hybridized carbons (Fsp3) is 0.308. The van der Waals surface area contributed by atoms with Gasteiger partial charge in [-0.25, -0.2) is 9.59 Å². The number of ether oxygens (including phenoxy) is 2. The number of hydrogen-bond donors (Lipinski definition) is 1. The maximum absolute atomic E-state index is 13.7. The number of β-lactam (4-membered cyclic amide) rings is 1. The Kier molecular flexibility index (Phi) is 6.95. The second kappa shape index (κ2) is 10.4. The Hall–Kier alpha value is -3.79. The van der Waals surface area contributed by atoms with Gasteiger partial charge in [-0.1, -0.05) is 60.7 Å². The van der Waals surface area contributed by atoms with Crippen LogP contribution in [0.25, 0.3) is 0 Å². The number of hydrogen-bond acceptors (Lipinski definition) is 7. The number of likely N-dealkylation sites (tertiary alicyclic amines) is 1. The van der Waals surface area contributed by atoms with Crippen molar-refractivity contribution in [2.75, 3.05) is 25.4 Å². The molecule has 0 radical (unpaired) electrons. The maximum atomic E-state index is 13.7. The predicted molar refractivity (Wildman–Crippen MR) is 131 cm³/mol. The molecule has 0 aromatic heterocycles. The number of benzene rings is 2. The van der Waals surface area contributed by atoms with Gasteiger partial charge in [0.25, 0.3) is 5.91 Å². The molecule has 0 aliphatic carbocycles. The Morgan fingerprint density at radius 1 is 1.06 bits per heavy atom. The Morgan fingerprint density at radius 3 is 2.25 bits per heavy atom. The van der Waals surface area contributed by atoms with Gasteiger partial charge in [-0.15, -0.1) is 11.8 Å². The van der Waals surface area contributed by atoms with Crippen LogP contribution in [0.3, 0.4) is 0 Å². The summed E-state index contributed by atoms with van der Waals surface area (Å²) < 4.78 is 11.5. The number of rotatable bonds is 8. The summed E-state index contributed by atoms with van der Waals surface area (Å²) in [5.74, 6) is -0.746. The molecule has 1 unspecified atom stereocenters. The van der Waals surface area contributed by atoms with Crippen molar-refractivity contribution >= 4 is 36.1 Å². The summed E-state index contributed by atoms with van der Waals surface area (Å²) in [7, 11) is 0. The van der Waals surface area contributed by atoms with Gasteiger partial charge in [0, 0.05) is 24.4 Å². The van der Waals surface area contributed by atoms with E-state index in [1.54, 1.807) is 4.90 Å². The third-order valence-electron chi connectivity index (χ3n) is 6.40. The summed E-state index contributed by atoms with van der Waals surface area (Å²) in [5, 5.41) is 2.08. The van der Waals surface area contributed by atoms with Crippen LogP contribution in [0.2, 0.25) is 0 Å². The normalized spacial score (nSPS) is 20.8. The third kappa shape index (κ3) is 4.56. The molecule has 1 N–H and O–H groups in total. The lowest BCUT2D eigenvalue weighted by molar-refractivity contribution is -0.154. The van der Waals surface area contributed by atoms with Crippen molar-refractivity contribution in [1.82, 2.24) is 15.1 Å². The first-order valence-corrected chi connectivity index (χ1v) is 12.7. The Balaban J connectivity index is 1.44. The molecule has 2 aromatic carbocycles. The average molecular weight is 508 g/mol. The first kappa shape index (κ1) is 23.9. The molecule has 2 aromatic rings. The van der Waals surface area contributed by atoms with E-state index in [0.29, 0.717) is 30.8 Å².